The highest BCUT2D eigenvalue weighted by atomic mass is 16.5. The quantitative estimate of drug-likeness (QED) is 0.691. The third kappa shape index (κ3) is 3.45. The molecule has 2 aromatic rings. The highest BCUT2D eigenvalue weighted by molar-refractivity contribution is 6.43. The summed E-state index contributed by atoms with van der Waals surface area (Å²) in [5.74, 6) is -0.675. The Bertz CT molecular complexity index is 675. The van der Waals surface area contributed by atoms with Crippen LogP contribution in [0, 0.1) is 13.8 Å². The Kier molecular flexibility index (Phi) is 4.33. The van der Waals surface area contributed by atoms with E-state index in [1.54, 1.807) is 6.07 Å². The maximum absolute atomic E-state index is 12.0. The number of hydrogen-bond acceptors (Lipinski definition) is 4. The molecular formula is C16H16N2O3. The topological polar surface area (TPSA) is 68.3 Å². The molecule has 108 valence electrons. The number of carbonyl (C=O) groups is 2. The molecule has 2 rings (SSSR count). The first-order valence-corrected chi connectivity index (χ1v) is 6.49. The van der Waals surface area contributed by atoms with Crippen molar-refractivity contribution in [2.75, 3.05) is 7.05 Å². The Morgan fingerprint density at radius 2 is 1.81 bits per heavy atom. The fourth-order valence-electron chi connectivity index (χ4n) is 1.98. The highest BCUT2D eigenvalue weighted by Crippen LogP contribution is 2.25. The molecule has 1 amide bonds. The van der Waals surface area contributed by atoms with Gasteiger partial charge in [-0.15, -0.1) is 0 Å². The monoisotopic (exact) mass is 284 g/mol. The molecule has 0 saturated heterocycles. The molecule has 5 nitrogen and oxygen atoms in total. The van der Waals surface area contributed by atoms with E-state index in [1.165, 1.54) is 19.3 Å². The van der Waals surface area contributed by atoms with Crippen LogP contribution in [-0.4, -0.2) is 23.7 Å². The van der Waals surface area contributed by atoms with Gasteiger partial charge >= 0.3 is 0 Å². The third-order valence-corrected chi connectivity index (χ3v) is 2.86. The normalized spacial score (nSPS) is 10.0. The van der Waals surface area contributed by atoms with Crippen LogP contribution in [0.1, 0.15) is 21.5 Å². The molecule has 1 N–H and O–H groups in total. The fraction of sp³-hybridized carbons (Fsp3) is 0.188. The molecule has 21 heavy (non-hydrogen) atoms. The molecule has 0 radical (unpaired) electrons. The lowest BCUT2D eigenvalue weighted by Gasteiger charge is -2.10. The van der Waals surface area contributed by atoms with Crippen molar-refractivity contribution in [3.05, 3.63) is 53.2 Å². The second-order valence-corrected chi connectivity index (χ2v) is 4.69. The van der Waals surface area contributed by atoms with E-state index in [0.717, 1.165) is 11.1 Å². The van der Waals surface area contributed by atoms with Gasteiger partial charge in [-0.25, -0.2) is 4.98 Å². The maximum Gasteiger partial charge on any atom is 0.292 e. The molecule has 0 aliphatic heterocycles. The van der Waals surface area contributed by atoms with Crippen LogP contribution < -0.4 is 10.1 Å². The van der Waals surface area contributed by atoms with Crippen molar-refractivity contribution in [3.8, 4) is 11.6 Å². The molecule has 0 fully saturated rings. The first kappa shape index (κ1) is 14.7. The molecule has 0 unspecified atom stereocenters. The lowest BCUT2D eigenvalue weighted by molar-refractivity contribution is -0.116. The standard InChI is InChI=1S/C16H16N2O3/c1-10-7-11(2)9-12(8-10)21-16-13(5-4-6-18-16)14(19)15(20)17-3/h4-9H,1-3H3,(H,17,20). The van der Waals surface area contributed by atoms with Gasteiger partial charge in [0.25, 0.3) is 11.7 Å². The van der Waals surface area contributed by atoms with Crippen molar-refractivity contribution < 1.29 is 14.3 Å². The highest BCUT2D eigenvalue weighted by Gasteiger charge is 2.20. The van der Waals surface area contributed by atoms with Crippen molar-refractivity contribution in [3.63, 3.8) is 0 Å². The smallest absolute Gasteiger partial charge is 0.292 e. The van der Waals surface area contributed by atoms with E-state index in [1.807, 2.05) is 32.0 Å². The Morgan fingerprint density at radius 3 is 2.43 bits per heavy atom. The number of rotatable bonds is 4. The predicted molar refractivity (Wildman–Crippen MR) is 78.6 cm³/mol. The van der Waals surface area contributed by atoms with Crippen molar-refractivity contribution in [1.82, 2.24) is 10.3 Å². The van der Waals surface area contributed by atoms with Gasteiger partial charge in [0.05, 0.1) is 5.56 Å². The van der Waals surface area contributed by atoms with Gasteiger partial charge in [-0.3, -0.25) is 9.59 Å². The minimum absolute atomic E-state index is 0.121. The molecule has 1 aromatic carbocycles. The summed E-state index contributed by atoms with van der Waals surface area (Å²) in [7, 11) is 1.40. The molecule has 1 aromatic heterocycles. The fourth-order valence-corrected chi connectivity index (χ4v) is 1.98. The lowest BCUT2D eigenvalue weighted by Crippen LogP contribution is -2.27. The van der Waals surface area contributed by atoms with Crippen LogP contribution in [0.25, 0.3) is 0 Å². The Labute approximate surface area is 123 Å². The molecule has 1 heterocycles. The van der Waals surface area contributed by atoms with Crippen molar-refractivity contribution in [1.29, 1.82) is 0 Å². The van der Waals surface area contributed by atoms with Crippen molar-refractivity contribution in [2.45, 2.75) is 13.8 Å². The number of ketones is 1. The third-order valence-electron chi connectivity index (χ3n) is 2.86. The number of aryl methyl sites for hydroxylation is 2. The number of ether oxygens (including phenoxy) is 1. The molecule has 0 bridgehead atoms. The average Bonchev–Trinajstić information content (AvgIpc) is 2.45. The Morgan fingerprint density at radius 1 is 1.14 bits per heavy atom. The van der Waals surface area contributed by atoms with Crippen LogP contribution in [0.5, 0.6) is 11.6 Å². The number of nitrogens with zero attached hydrogens (tertiary/aromatic N) is 1. The van der Waals surface area contributed by atoms with Crippen molar-refractivity contribution >= 4 is 11.7 Å². The van der Waals surface area contributed by atoms with E-state index in [0.29, 0.717) is 5.75 Å². The molecule has 5 heteroatoms. The zero-order valence-electron chi connectivity index (χ0n) is 12.1. The van der Waals surface area contributed by atoms with Gasteiger partial charge in [0.15, 0.2) is 0 Å². The second kappa shape index (κ2) is 6.17. The summed E-state index contributed by atoms with van der Waals surface area (Å²) in [5, 5.41) is 2.30. The van der Waals surface area contributed by atoms with Gasteiger partial charge in [-0.05, 0) is 49.2 Å². The van der Waals surface area contributed by atoms with Gasteiger partial charge in [0.1, 0.15) is 5.75 Å². The number of carbonyl (C=O) groups excluding carboxylic acids is 2. The summed E-state index contributed by atoms with van der Waals surface area (Å²) in [4.78, 5) is 27.5. The van der Waals surface area contributed by atoms with Crippen LogP contribution in [-0.2, 0) is 4.79 Å². The van der Waals surface area contributed by atoms with E-state index >= 15 is 0 Å². The summed E-state index contributed by atoms with van der Waals surface area (Å²) >= 11 is 0. The van der Waals surface area contributed by atoms with E-state index in [4.69, 9.17) is 4.74 Å². The zero-order chi connectivity index (χ0) is 15.4. The lowest BCUT2D eigenvalue weighted by atomic mass is 10.1. The molecule has 0 saturated carbocycles. The summed E-state index contributed by atoms with van der Waals surface area (Å²) in [6.07, 6.45) is 1.51. The molecule has 0 atom stereocenters. The SMILES string of the molecule is CNC(=O)C(=O)c1cccnc1Oc1cc(C)cc(C)c1. The van der Waals surface area contributed by atoms with Crippen LogP contribution in [0.2, 0.25) is 0 Å². The van der Waals surface area contributed by atoms with Gasteiger partial charge in [0, 0.05) is 13.2 Å². The molecule has 0 aliphatic rings. The molecular weight excluding hydrogens is 268 g/mol. The van der Waals surface area contributed by atoms with Gasteiger partial charge in [-0.1, -0.05) is 6.07 Å². The second-order valence-electron chi connectivity index (χ2n) is 4.69. The van der Waals surface area contributed by atoms with E-state index in [-0.39, 0.29) is 11.4 Å². The van der Waals surface area contributed by atoms with Crippen molar-refractivity contribution in [2.24, 2.45) is 0 Å². The summed E-state index contributed by atoms with van der Waals surface area (Å²) in [6.45, 7) is 3.91. The largest absolute Gasteiger partial charge is 0.438 e. The maximum atomic E-state index is 12.0. The number of Topliss-reactive ketones (excluding diaryl/α,β-unsaturated/α-hetero) is 1. The van der Waals surface area contributed by atoms with E-state index < -0.39 is 11.7 Å². The van der Waals surface area contributed by atoms with Gasteiger partial charge in [0.2, 0.25) is 5.88 Å². The van der Waals surface area contributed by atoms with Crippen LogP contribution in [0.4, 0.5) is 0 Å². The number of benzene rings is 1. The van der Waals surface area contributed by atoms with Crippen LogP contribution in [0.3, 0.4) is 0 Å². The summed E-state index contributed by atoms with van der Waals surface area (Å²) in [6, 6.07) is 8.81. The van der Waals surface area contributed by atoms with Crippen LogP contribution in [0.15, 0.2) is 36.5 Å². The van der Waals surface area contributed by atoms with Gasteiger partial charge in [-0.2, -0.15) is 0 Å². The number of amides is 1. The first-order chi connectivity index (χ1) is 10.0. The summed E-state index contributed by atoms with van der Waals surface area (Å²) < 4.78 is 5.68. The first-order valence-electron chi connectivity index (χ1n) is 6.49. The predicted octanol–water partition coefficient (Wildman–Crippen LogP) is 2.42. The minimum atomic E-state index is -0.701. The van der Waals surface area contributed by atoms with E-state index in [2.05, 4.69) is 10.3 Å². The van der Waals surface area contributed by atoms with Gasteiger partial charge < -0.3 is 10.1 Å². The summed E-state index contributed by atoms with van der Waals surface area (Å²) in [5.41, 5.74) is 2.22. The molecule has 0 spiro atoms. The number of likely N-dealkylation sites (N-methyl/N-ethyl adjacent to an activating group) is 1. The number of aromatic nitrogens is 1. The zero-order valence-corrected chi connectivity index (χ0v) is 12.1. The van der Waals surface area contributed by atoms with E-state index in [9.17, 15) is 9.59 Å². The average molecular weight is 284 g/mol. The molecule has 0 aliphatic carbocycles. The van der Waals surface area contributed by atoms with Crippen LogP contribution >= 0.6 is 0 Å². The number of pyridine rings is 1. The number of hydrogen-bond donors (Lipinski definition) is 1. The Hall–Kier alpha value is -2.69. The number of nitrogens with one attached hydrogen (secondary N) is 1. The minimum Gasteiger partial charge on any atom is -0.438 e. The Balaban J connectivity index is 2.36.